The van der Waals surface area contributed by atoms with Crippen LogP contribution in [0.5, 0.6) is 0 Å². The number of anilines is 2. The van der Waals surface area contributed by atoms with Crippen LogP contribution < -0.4 is 10.0 Å². The number of nitrogens with two attached hydrogens (primary N) is 1. The second-order valence-electron chi connectivity index (χ2n) is 3.85. The quantitative estimate of drug-likeness (QED) is 0.927. The van der Waals surface area contributed by atoms with E-state index < -0.39 is 15.8 Å². The lowest BCUT2D eigenvalue weighted by atomic mass is 10.3. The highest BCUT2D eigenvalue weighted by Gasteiger charge is 2.24. The van der Waals surface area contributed by atoms with E-state index in [1.807, 2.05) is 0 Å². The van der Waals surface area contributed by atoms with Crippen molar-refractivity contribution in [3.05, 3.63) is 48.4 Å². The molecule has 0 aliphatic heterocycles. The first-order valence-electron chi connectivity index (χ1n) is 5.38. The van der Waals surface area contributed by atoms with Crippen LogP contribution in [0.1, 0.15) is 0 Å². The lowest BCUT2D eigenvalue weighted by molar-refractivity contribution is 0.591. The Morgan fingerprint density at radius 2 is 1.84 bits per heavy atom. The van der Waals surface area contributed by atoms with Gasteiger partial charge < -0.3 is 5.73 Å². The van der Waals surface area contributed by atoms with Gasteiger partial charge in [0.2, 0.25) is 0 Å². The number of halogens is 1. The van der Waals surface area contributed by atoms with Crippen LogP contribution in [0.2, 0.25) is 0 Å². The van der Waals surface area contributed by atoms with Gasteiger partial charge in [0.05, 0.1) is 11.4 Å². The molecule has 7 heteroatoms. The molecule has 19 heavy (non-hydrogen) atoms. The number of aromatic nitrogens is 1. The van der Waals surface area contributed by atoms with E-state index in [-0.39, 0.29) is 10.7 Å². The van der Waals surface area contributed by atoms with Crippen LogP contribution in [0.4, 0.5) is 15.8 Å². The summed E-state index contributed by atoms with van der Waals surface area (Å²) in [6, 6.07) is 8.11. The molecular weight excluding hydrogens is 269 g/mol. The van der Waals surface area contributed by atoms with Crippen LogP contribution in [-0.4, -0.2) is 20.4 Å². The Morgan fingerprint density at radius 3 is 2.42 bits per heavy atom. The van der Waals surface area contributed by atoms with E-state index in [4.69, 9.17) is 5.73 Å². The van der Waals surface area contributed by atoms with Gasteiger partial charge in [-0.1, -0.05) is 0 Å². The summed E-state index contributed by atoms with van der Waals surface area (Å²) in [5, 5.41) is -0.221. The maximum atomic E-state index is 12.8. The number of pyridine rings is 1. The summed E-state index contributed by atoms with van der Waals surface area (Å²) in [7, 11) is -2.50. The minimum atomic E-state index is -3.86. The summed E-state index contributed by atoms with van der Waals surface area (Å²) in [6.07, 6.45) is 1.35. The molecular formula is C12H12FN3O2S. The van der Waals surface area contributed by atoms with E-state index in [2.05, 4.69) is 4.98 Å². The second-order valence-corrected chi connectivity index (χ2v) is 5.73. The molecule has 100 valence electrons. The molecule has 0 bridgehead atoms. The van der Waals surface area contributed by atoms with Crippen LogP contribution in [0.3, 0.4) is 0 Å². The van der Waals surface area contributed by atoms with Gasteiger partial charge in [0.25, 0.3) is 10.0 Å². The van der Waals surface area contributed by atoms with Crippen molar-refractivity contribution < 1.29 is 12.8 Å². The van der Waals surface area contributed by atoms with Crippen LogP contribution in [0, 0.1) is 5.82 Å². The molecule has 0 spiro atoms. The topological polar surface area (TPSA) is 76.3 Å². The Hall–Kier alpha value is -2.15. The Morgan fingerprint density at radius 1 is 1.21 bits per heavy atom. The van der Waals surface area contributed by atoms with E-state index in [0.717, 1.165) is 4.31 Å². The average Bonchev–Trinajstić information content (AvgIpc) is 2.39. The molecule has 2 N–H and O–H groups in total. The minimum Gasteiger partial charge on any atom is -0.396 e. The van der Waals surface area contributed by atoms with Gasteiger partial charge in [-0.3, -0.25) is 4.31 Å². The number of hydrogen-bond acceptors (Lipinski definition) is 4. The number of benzene rings is 1. The van der Waals surface area contributed by atoms with Crippen molar-refractivity contribution in [2.45, 2.75) is 5.03 Å². The molecule has 1 aromatic heterocycles. The van der Waals surface area contributed by atoms with Crippen molar-refractivity contribution in [2.75, 3.05) is 17.1 Å². The summed E-state index contributed by atoms with van der Waals surface area (Å²) in [5.74, 6) is -0.438. The van der Waals surface area contributed by atoms with Gasteiger partial charge in [0, 0.05) is 13.2 Å². The zero-order valence-corrected chi connectivity index (χ0v) is 10.9. The molecule has 0 saturated heterocycles. The Labute approximate surface area is 110 Å². The predicted octanol–water partition coefficient (Wildman–Crippen LogP) is 1.63. The van der Waals surface area contributed by atoms with Crippen LogP contribution >= 0.6 is 0 Å². The fourth-order valence-corrected chi connectivity index (χ4v) is 2.76. The van der Waals surface area contributed by atoms with Gasteiger partial charge >= 0.3 is 0 Å². The minimum absolute atomic E-state index is 0.0662. The van der Waals surface area contributed by atoms with Crippen molar-refractivity contribution in [1.29, 1.82) is 0 Å². The molecule has 1 heterocycles. The van der Waals surface area contributed by atoms with Gasteiger partial charge in [-0.15, -0.1) is 0 Å². The number of hydrogen-bond donors (Lipinski definition) is 1. The summed E-state index contributed by atoms with van der Waals surface area (Å²) in [4.78, 5) is 3.79. The lowest BCUT2D eigenvalue weighted by Crippen LogP contribution is -2.28. The number of nitrogens with zero attached hydrogens (tertiary/aromatic N) is 2. The van der Waals surface area contributed by atoms with Crippen LogP contribution in [0.15, 0.2) is 47.6 Å². The van der Waals surface area contributed by atoms with E-state index in [0.29, 0.717) is 5.69 Å². The first-order valence-corrected chi connectivity index (χ1v) is 6.82. The molecule has 0 radical (unpaired) electrons. The monoisotopic (exact) mass is 281 g/mol. The molecule has 5 nitrogen and oxygen atoms in total. The van der Waals surface area contributed by atoms with Gasteiger partial charge in [-0.05, 0) is 36.4 Å². The average molecular weight is 281 g/mol. The second kappa shape index (κ2) is 4.85. The third-order valence-corrected chi connectivity index (χ3v) is 4.36. The zero-order valence-electron chi connectivity index (χ0n) is 10.1. The van der Waals surface area contributed by atoms with E-state index >= 15 is 0 Å². The third kappa shape index (κ3) is 2.50. The molecule has 0 saturated carbocycles. The summed E-state index contributed by atoms with van der Waals surface area (Å²) >= 11 is 0. The van der Waals surface area contributed by atoms with Gasteiger partial charge in [-0.25, -0.2) is 9.37 Å². The third-order valence-electron chi connectivity index (χ3n) is 2.60. The molecule has 0 fully saturated rings. The SMILES string of the molecule is CN(c1ccc(F)cc1)S(=O)(=O)c1ncccc1N. The summed E-state index contributed by atoms with van der Waals surface area (Å²) in [6.45, 7) is 0. The summed E-state index contributed by atoms with van der Waals surface area (Å²) < 4.78 is 38.5. The molecule has 0 atom stereocenters. The first-order chi connectivity index (χ1) is 8.93. The molecule has 2 rings (SSSR count). The lowest BCUT2D eigenvalue weighted by Gasteiger charge is -2.19. The fourth-order valence-electron chi connectivity index (χ4n) is 1.54. The molecule has 0 amide bonds. The van der Waals surface area contributed by atoms with Gasteiger partial charge in [0.1, 0.15) is 5.82 Å². The molecule has 2 aromatic rings. The predicted molar refractivity (Wildman–Crippen MR) is 70.6 cm³/mol. The standard InChI is InChI=1S/C12H12FN3O2S/c1-16(10-6-4-9(13)5-7-10)19(17,18)12-11(14)3-2-8-15-12/h2-8H,14H2,1H3. The van der Waals surface area contributed by atoms with Crippen molar-refractivity contribution in [3.8, 4) is 0 Å². The zero-order chi connectivity index (χ0) is 14.0. The van der Waals surface area contributed by atoms with Crippen LogP contribution in [-0.2, 0) is 10.0 Å². The fraction of sp³-hybridized carbons (Fsp3) is 0.0833. The van der Waals surface area contributed by atoms with E-state index in [9.17, 15) is 12.8 Å². The van der Waals surface area contributed by atoms with Crippen molar-refractivity contribution in [2.24, 2.45) is 0 Å². The molecule has 1 aromatic carbocycles. The highest BCUT2D eigenvalue weighted by atomic mass is 32.2. The Balaban J connectivity index is 2.45. The normalized spacial score (nSPS) is 11.3. The van der Waals surface area contributed by atoms with Crippen LogP contribution in [0.25, 0.3) is 0 Å². The largest absolute Gasteiger partial charge is 0.396 e. The molecule has 0 aliphatic carbocycles. The van der Waals surface area contributed by atoms with E-state index in [1.165, 1.54) is 43.6 Å². The molecule has 0 unspecified atom stereocenters. The highest BCUT2D eigenvalue weighted by molar-refractivity contribution is 7.92. The van der Waals surface area contributed by atoms with Gasteiger partial charge in [0.15, 0.2) is 5.03 Å². The maximum Gasteiger partial charge on any atom is 0.283 e. The number of nitrogen functional groups attached to an aromatic ring is 1. The first kappa shape index (κ1) is 13.3. The maximum absolute atomic E-state index is 12.8. The van der Waals surface area contributed by atoms with Crippen molar-refractivity contribution in [3.63, 3.8) is 0 Å². The van der Waals surface area contributed by atoms with Gasteiger partial charge in [-0.2, -0.15) is 8.42 Å². The number of rotatable bonds is 3. The Bertz CT molecular complexity index is 686. The summed E-state index contributed by atoms with van der Waals surface area (Å²) in [5.41, 5.74) is 6.01. The Kier molecular flexibility index (Phi) is 3.39. The smallest absolute Gasteiger partial charge is 0.283 e. The number of sulfonamides is 1. The van der Waals surface area contributed by atoms with Crippen molar-refractivity contribution >= 4 is 21.4 Å². The highest BCUT2D eigenvalue weighted by Crippen LogP contribution is 2.23. The molecule has 0 aliphatic rings. The van der Waals surface area contributed by atoms with Crippen molar-refractivity contribution in [1.82, 2.24) is 4.98 Å². The van der Waals surface area contributed by atoms with E-state index in [1.54, 1.807) is 6.07 Å².